The first kappa shape index (κ1) is 11.3. The lowest BCUT2D eigenvalue weighted by molar-refractivity contribution is 1.06. The van der Waals surface area contributed by atoms with Crippen LogP contribution in [0.3, 0.4) is 0 Å². The maximum Gasteiger partial charge on any atom is 0.183 e. The van der Waals surface area contributed by atoms with Gasteiger partial charge in [0.25, 0.3) is 0 Å². The average molecular weight is 282 g/mol. The first-order valence-electron chi connectivity index (χ1n) is 6.01. The second kappa shape index (κ2) is 4.24. The number of nitrogens with zero attached hydrogens (tertiary/aromatic N) is 3. The van der Waals surface area contributed by atoms with Crippen LogP contribution in [0.5, 0.6) is 0 Å². The van der Waals surface area contributed by atoms with Crippen LogP contribution in [0.1, 0.15) is 0 Å². The third-order valence-electron chi connectivity index (χ3n) is 3.01. The summed E-state index contributed by atoms with van der Waals surface area (Å²) in [6.07, 6.45) is 1.41. The van der Waals surface area contributed by atoms with E-state index >= 15 is 0 Å². The van der Waals surface area contributed by atoms with Gasteiger partial charge in [-0.05, 0) is 23.9 Å². The van der Waals surface area contributed by atoms with E-state index in [4.69, 9.17) is 5.73 Å². The van der Waals surface area contributed by atoms with E-state index in [1.165, 1.54) is 23.5 Å². The number of nitrogens with one attached hydrogen (secondary N) is 2. The van der Waals surface area contributed by atoms with Crippen molar-refractivity contribution in [2.24, 2.45) is 0 Å². The Morgan fingerprint density at radius 2 is 2.00 bits per heavy atom. The van der Waals surface area contributed by atoms with Gasteiger partial charge in [-0.15, -0.1) is 0 Å². The van der Waals surface area contributed by atoms with Gasteiger partial charge in [0, 0.05) is 10.9 Å². The Labute approximate surface area is 117 Å². The van der Waals surface area contributed by atoms with Crippen molar-refractivity contribution in [3.05, 3.63) is 36.7 Å². The van der Waals surface area contributed by atoms with E-state index in [1.807, 2.05) is 18.2 Å². The molecule has 0 aliphatic rings. The zero-order valence-corrected chi connectivity index (χ0v) is 11.1. The van der Waals surface area contributed by atoms with Gasteiger partial charge in [-0.25, -0.2) is 15.0 Å². The number of hydrogen-bond acceptors (Lipinski definition) is 5. The lowest BCUT2D eigenvalue weighted by Gasteiger charge is -1.92. The molecule has 0 bridgehead atoms. The molecule has 0 aliphatic heterocycles. The number of H-pyrrole nitrogens is 2. The highest BCUT2D eigenvalue weighted by molar-refractivity contribution is 7.99. The van der Waals surface area contributed by atoms with Crippen molar-refractivity contribution in [3.63, 3.8) is 0 Å². The van der Waals surface area contributed by atoms with Crippen LogP contribution in [0.2, 0.25) is 0 Å². The van der Waals surface area contributed by atoms with Crippen LogP contribution in [0.25, 0.3) is 22.1 Å². The van der Waals surface area contributed by atoms with Crippen molar-refractivity contribution >= 4 is 39.6 Å². The molecule has 4 aromatic rings. The highest BCUT2D eigenvalue weighted by Crippen LogP contribution is 2.29. The van der Waals surface area contributed by atoms with Crippen molar-refractivity contribution in [2.75, 3.05) is 5.73 Å². The first-order valence-corrected chi connectivity index (χ1v) is 6.83. The Morgan fingerprint density at radius 3 is 2.85 bits per heavy atom. The zero-order valence-electron chi connectivity index (χ0n) is 10.3. The van der Waals surface area contributed by atoms with Gasteiger partial charge in [-0.1, -0.05) is 18.2 Å². The molecule has 0 fully saturated rings. The molecule has 1 aromatic carbocycles. The summed E-state index contributed by atoms with van der Waals surface area (Å²) < 4.78 is 0. The minimum atomic E-state index is 0.408. The van der Waals surface area contributed by atoms with Gasteiger partial charge < -0.3 is 15.7 Å². The molecule has 0 saturated carbocycles. The first-order chi connectivity index (χ1) is 9.79. The van der Waals surface area contributed by atoms with E-state index in [2.05, 4.69) is 37.1 Å². The summed E-state index contributed by atoms with van der Waals surface area (Å²) >= 11 is 1.50. The van der Waals surface area contributed by atoms with Crippen molar-refractivity contribution in [3.8, 4) is 0 Å². The summed E-state index contributed by atoms with van der Waals surface area (Å²) in [4.78, 5) is 18.9. The number of hydrogen-bond donors (Lipinski definition) is 3. The fraction of sp³-hybridized carbons (Fsp3) is 0. The minimum Gasteiger partial charge on any atom is -0.382 e. The van der Waals surface area contributed by atoms with Gasteiger partial charge in [0.05, 0.1) is 5.03 Å². The summed E-state index contributed by atoms with van der Waals surface area (Å²) in [6, 6.07) is 10.2. The molecule has 20 heavy (non-hydrogen) atoms. The number of para-hydroxylation sites is 1. The van der Waals surface area contributed by atoms with Gasteiger partial charge in [-0.2, -0.15) is 0 Å². The number of benzene rings is 1. The normalized spacial score (nSPS) is 11.4. The van der Waals surface area contributed by atoms with E-state index in [9.17, 15) is 0 Å². The zero-order chi connectivity index (χ0) is 13.5. The number of nitrogens with two attached hydrogens (primary N) is 1. The summed E-state index contributed by atoms with van der Waals surface area (Å²) in [5.74, 6) is 0.408. The summed E-state index contributed by atoms with van der Waals surface area (Å²) in [6.45, 7) is 0. The van der Waals surface area contributed by atoms with Gasteiger partial charge in [-0.3, -0.25) is 0 Å². The Balaban J connectivity index is 1.74. The molecule has 0 aliphatic carbocycles. The monoisotopic (exact) mass is 282 g/mol. The van der Waals surface area contributed by atoms with E-state index in [0.29, 0.717) is 17.0 Å². The predicted molar refractivity (Wildman–Crippen MR) is 78.5 cm³/mol. The third kappa shape index (κ3) is 1.79. The molecule has 6 nitrogen and oxygen atoms in total. The van der Waals surface area contributed by atoms with Crippen LogP contribution in [-0.4, -0.2) is 24.9 Å². The number of aromatic nitrogens is 5. The SMILES string of the molecule is Nc1ncnc2nc(Sc3cc4ccccc4[nH]3)[nH]c12. The third-order valence-corrected chi connectivity index (χ3v) is 3.83. The molecule has 3 heterocycles. The Morgan fingerprint density at radius 1 is 1.10 bits per heavy atom. The second-order valence-electron chi connectivity index (χ2n) is 4.32. The van der Waals surface area contributed by atoms with Crippen LogP contribution < -0.4 is 5.73 Å². The fourth-order valence-corrected chi connectivity index (χ4v) is 2.92. The number of anilines is 1. The molecule has 7 heteroatoms. The van der Waals surface area contributed by atoms with Crippen LogP contribution >= 0.6 is 11.8 Å². The lowest BCUT2D eigenvalue weighted by Crippen LogP contribution is -1.91. The van der Waals surface area contributed by atoms with Crippen LogP contribution in [0.4, 0.5) is 5.82 Å². The standard InChI is InChI=1S/C13H10N6S/c14-11-10-12(16-6-15-11)19-13(18-10)20-9-5-7-3-1-2-4-8(7)17-9/h1-6,17H,(H3,14,15,16,18,19). The quantitative estimate of drug-likeness (QED) is 0.525. The van der Waals surface area contributed by atoms with E-state index in [0.717, 1.165) is 15.7 Å². The fourth-order valence-electron chi connectivity index (χ4n) is 2.08. The molecule has 0 spiro atoms. The second-order valence-corrected chi connectivity index (χ2v) is 5.35. The largest absolute Gasteiger partial charge is 0.382 e. The van der Waals surface area contributed by atoms with Gasteiger partial charge in [0.2, 0.25) is 0 Å². The molecule has 4 N–H and O–H groups in total. The predicted octanol–water partition coefficient (Wildman–Crippen LogP) is 2.57. The molecule has 3 aromatic heterocycles. The van der Waals surface area contributed by atoms with Gasteiger partial charge in [0.15, 0.2) is 16.6 Å². The molecule has 0 radical (unpaired) electrons. The molecule has 4 rings (SSSR count). The molecule has 0 unspecified atom stereocenters. The van der Waals surface area contributed by atoms with Crippen LogP contribution in [0.15, 0.2) is 46.8 Å². The molecular formula is C13H10N6S. The number of fused-ring (bicyclic) bond motifs is 2. The highest BCUT2D eigenvalue weighted by atomic mass is 32.2. The Kier molecular flexibility index (Phi) is 2.40. The molecule has 98 valence electrons. The number of rotatable bonds is 2. The number of aromatic amines is 2. The molecule has 0 saturated heterocycles. The Bertz CT molecular complexity index is 876. The van der Waals surface area contributed by atoms with E-state index < -0.39 is 0 Å². The summed E-state index contributed by atoms with van der Waals surface area (Å²) in [7, 11) is 0. The minimum absolute atomic E-state index is 0.408. The molecular weight excluding hydrogens is 272 g/mol. The highest BCUT2D eigenvalue weighted by Gasteiger charge is 2.10. The maximum atomic E-state index is 5.78. The van der Waals surface area contributed by atoms with Crippen molar-refractivity contribution in [1.82, 2.24) is 24.9 Å². The Hall–Kier alpha value is -2.54. The van der Waals surface area contributed by atoms with Gasteiger partial charge >= 0.3 is 0 Å². The van der Waals surface area contributed by atoms with E-state index in [1.54, 1.807) is 0 Å². The van der Waals surface area contributed by atoms with Crippen molar-refractivity contribution in [1.29, 1.82) is 0 Å². The number of nitrogen functional groups attached to an aromatic ring is 1. The number of imidazole rings is 1. The summed E-state index contributed by atoms with van der Waals surface area (Å²) in [5.41, 5.74) is 8.14. The average Bonchev–Trinajstić information content (AvgIpc) is 3.02. The van der Waals surface area contributed by atoms with E-state index in [-0.39, 0.29) is 0 Å². The smallest absolute Gasteiger partial charge is 0.183 e. The van der Waals surface area contributed by atoms with Crippen LogP contribution in [-0.2, 0) is 0 Å². The topological polar surface area (TPSA) is 96.3 Å². The molecule has 0 amide bonds. The van der Waals surface area contributed by atoms with Crippen LogP contribution in [0, 0.1) is 0 Å². The maximum absolute atomic E-state index is 5.78. The molecule has 0 atom stereocenters. The van der Waals surface area contributed by atoms with Crippen molar-refractivity contribution in [2.45, 2.75) is 10.2 Å². The van der Waals surface area contributed by atoms with Crippen molar-refractivity contribution < 1.29 is 0 Å². The summed E-state index contributed by atoms with van der Waals surface area (Å²) in [5, 5.41) is 2.92. The lowest BCUT2D eigenvalue weighted by atomic mass is 10.3. The van der Waals surface area contributed by atoms with Gasteiger partial charge in [0.1, 0.15) is 11.8 Å².